The van der Waals surface area contributed by atoms with Gasteiger partial charge in [0.15, 0.2) is 5.76 Å². The number of H-pyrrole nitrogens is 1. The first-order valence-corrected chi connectivity index (χ1v) is 4.54. The molecule has 2 aromatic heterocycles. The maximum atomic E-state index is 11.0. The maximum absolute atomic E-state index is 11.0. The average molecular weight is 222 g/mol. The first-order chi connectivity index (χ1) is 7.72. The highest BCUT2D eigenvalue weighted by atomic mass is 16.7. The third kappa shape index (κ3) is 1.33. The number of hydrogen-bond acceptors (Lipinski definition) is 6. The number of hydrogen-bond donors (Lipinski definition) is 1. The Kier molecular flexibility index (Phi) is 1.73. The number of ether oxygens (including phenoxy) is 2. The van der Waals surface area contributed by atoms with Gasteiger partial charge in [-0.05, 0) is 6.07 Å². The van der Waals surface area contributed by atoms with Crippen LogP contribution in [0.3, 0.4) is 0 Å². The molecule has 16 heavy (non-hydrogen) atoms. The number of carbonyl (C=O) groups excluding carboxylic acids is 2. The summed E-state index contributed by atoms with van der Waals surface area (Å²) in [5.74, 6) is -0.996. The third-order valence-corrected chi connectivity index (χ3v) is 2.15. The van der Waals surface area contributed by atoms with E-state index >= 15 is 0 Å². The molecule has 0 spiro atoms. The number of rotatable bonds is 1. The topological polar surface area (TPSA) is 94.4 Å². The molecule has 3 rings (SSSR count). The maximum Gasteiger partial charge on any atom is 0.320 e. The van der Waals surface area contributed by atoms with Gasteiger partial charge in [-0.1, -0.05) is 0 Å². The van der Waals surface area contributed by atoms with Gasteiger partial charge in [-0.3, -0.25) is 9.59 Å². The lowest BCUT2D eigenvalue weighted by molar-refractivity contribution is -0.207. The molecule has 1 saturated heterocycles. The van der Waals surface area contributed by atoms with E-state index in [2.05, 4.69) is 10.2 Å². The number of nitrogens with one attached hydrogen (secondary N) is 1. The van der Waals surface area contributed by atoms with Crippen molar-refractivity contribution in [1.29, 1.82) is 0 Å². The lowest BCUT2D eigenvalue weighted by atomic mass is 10.3. The smallest absolute Gasteiger partial charge is 0.320 e. The van der Waals surface area contributed by atoms with Crippen LogP contribution in [0.25, 0.3) is 11.1 Å². The quantitative estimate of drug-likeness (QED) is 0.562. The molecule has 82 valence electrons. The van der Waals surface area contributed by atoms with Crippen LogP contribution in [-0.2, 0) is 19.1 Å². The Morgan fingerprint density at radius 2 is 2.06 bits per heavy atom. The molecular weight excluding hydrogens is 216 g/mol. The van der Waals surface area contributed by atoms with Gasteiger partial charge in [0.1, 0.15) is 6.42 Å². The summed E-state index contributed by atoms with van der Waals surface area (Å²) < 4.78 is 14.9. The normalized spacial score (nSPS) is 17.5. The van der Waals surface area contributed by atoms with E-state index in [4.69, 9.17) is 13.9 Å². The molecule has 0 bridgehead atoms. The molecule has 1 N–H and O–H groups in total. The summed E-state index contributed by atoms with van der Waals surface area (Å²) in [6.45, 7) is 0. The van der Waals surface area contributed by atoms with Crippen molar-refractivity contribution in [2.75, 3.05) is 0 Å². The molecule has 0 aromatic carbocycles. The Hall–Kier alpha value is -2.31. The van der Waals surface area contributed by atoms with E-state index in [1.807, 2.05) is 0 Å². The van der Waals surface area contributed by atoms with Crippen LogP contribution in [0, 0.1) is 0 Å². The van der Waals surface area contributed by atoms with Gasteiger partial charge in [0.05, 0.1) is 11.6 Å². The van der Waals surface area contributed by atoms with Crippen molar-refractivity contribution in [3.63, 3.8) is 0 Å². The lowest BCUT2D eigenvalue weighted by Gasteiger charge is -2.19. The molecule has 0 unspecified atom stereocenters. The number of cyclic esters (lactones) is 2. The largest absolute Gasteiger partial charge is 0.435 e. The minimum absolute atomic E-state index is 0.255. The highest BCUT2D eigenvalue weighted by Gasteiger charge is 2.31. The van der Waals surface area contributed by atoms with Crippen LogP contribution in [0.5, 0.6) is 0 Å². The molecule has 3 heterocycles. The fraction of sp³-hybridized carbons (Fsp3) is 0.222. The minimum Gasteiger partial charge on any atom is -0.435 e. The number of carbonyl (C=O) groups is 2. The molecule has 7 heteroatoms. The Morgan fingerprint density at radius 3 is 2.75 bits per heavy atom. The molecule has 0 amide bonds. The van der Waals surface area contributed by atoms with Gasteiger partial charge in [0, 0.05) is 0 Å². The van der Waals surface area contributed by atoms with Gasteiger partial charge >= 0.3 is 18.2 Å². The number of esters is 2. The van der Waals surface area contributed by atoms with Crippen LogP contribution in [0.1, 0.15) is 18.5 Å². The Morgan fingerprint density at radius 1 is 1.31 bits per heavy atom. The number of aromatic nitrogens is 2. The Balaban J connectivity index is 1.94. The van der Waals surface area contributed by atoms with Crippen LogP contribution in [0.2, 0.25) is 0 Å². The summed E-state index contributed by atoms with van der Waals surface area (Å²) in [5.41, 5.74) is 0.438. The van der Waals surface area contributed by atoms with Crippen LogP contribution in [0.15, 0.2) is 16.7 Å². The first-order valence-electron chi connectivity index (χ1n) is 4.54. The van der Waals surface area contributed by atoms with Crippen LogP contribution >= 0.6 is 0 Å². The van der Waals surface area contributed by atoms with E-state index in [-0.39, 0.29) is 12.2 Å². The second-order valence-electron chi connectivity index (χ2n) is 3.29. The minimum atomic E-state index is -1.10. The van der Waals surface area contributed by atoms with Gasteiger partial charge < -0.3 is 13.9 Å². The van der Waals surface area contributed by atoms with E-state index in [0.717, 1.165) is 0 Å². The van der Waals surface area contributed by atoms with Crippen molar-refractivity contribution in [1.82, 2.24) is 10.2 Å². The van der Waals surface area contributed by atoms with E-state index < -0.39 is 18.2 Å². The monoisotopic (exact) mass is 222 g/mol. The van der Waals surface area contributed by atoms with Crippen LogP contribution in [-0.4, -0.2) is 22.1 Å². The van der Waals surface area contributed by atoms with Gasteiger partial charge in [-0.15, -0.1) is 0 Å². The molecule has 0 aliphatic carbocycles. The molecule has 1 fully saturated rings. The molecule has 0 saturated carbocycles. The Bertz CT molecular complexity index is 525. The molecular formula is C9H6N2O5. The van der Waals surface area contributed by atoms with Gasteiger partial charge in [0.25, 0.3) is 0 Å². The Labute approximate surface area is 88.3 Å². The molecule has 7 nitrogen and oxygen atoms in total. The van der Waals surface area contributed by atoms with Crippen molar-refractivity contribution in [2.24, 2.45) is 0 Å². The number of nitrogens with zero attached hydrogens (tertiary/aromatic N) is 1. The summed E-state index contributed by atoms with van der Waals surface area (Å²) >= 11 is 0. The molecule has 0 radical (unpaired) electrons. The SMILES string of the molecule is O=C1CC(=O)OC(c2cc3cn[nH]c3o2)O1. The van der Waals surface area contributed by atoms with E-state index in [1.165, 1.54) is 0 Å². The summed E-state index contributed by atoms with van der Waals surface area (Å²) in [7, 11) is 0. The van der Waals surface area contributed by atoms with Gasteiger partial charge in [-0.25, -0.2) is 5.10 Å². The van der Waals surface area contributed by atoms with Crippen molar-refractivity contribution in [3.8, 4) is 0 Å². The predicted molar refractivity (Wildman–Crippen MR) is 47.9 cm³/mol. The average Bonchev–Trinajstić information content (AvgIpc) is 2.74. The zero-order valence-corrected chi connectivity index (χ0v) is 7.93. The molecule has 2 aromatic rings. The highest BCUT2D eigenvalue weighted by molar-refractivity contribution is 5.92. The van der Waals surface area contributed by atoms with E-state index in [1.54, 1.807) is 12.3 Å². The van der Waals surface area contributed by atoms with Crippen LogP contribution in [0.4, 0.5) is 0 Å². The fourth-order valence-electron chi connectivity index (χ4n) is 1.47. The number of aromatic amines is 1. The lowest BCUT2D eigenvalue weighted by Crippen LogP contribution is -2.26. The standard InChI is InChI=1S/C9H6N2O5/c12-6-2-7(13)16-9(15-6)5-1-4-3-10-11-8(4)14-5/h1,3,9H,2H2,(H,10,11). The van der Waals surface area contributed by atoms with Crippen molar-refractivity contribution in [2.45, 2.75) is 12.7 Å². The molecule has 0 atom stereocenters. The van der Waals surface area contributed by atoms with Gasteiger partial charge in [0.2, 0.25) is 5.71 Å². The van der Waals surface area contributed by atoms with E-state index in [0.29, 0.717) is 11.1 Å². The summed E-state index contributed by atoms with van der Waals surface area (Å²) in [4.78, 5) is 22.1. The number of furan rings is 1. The first kappa shape index (κ1) is 8.96. The van der Waals surface area contributed by atoms with Crippen molar-refractivity contribution >= 4 is 23.0 Å². The van der Waals surface area contributed by atoms with Crippen molar-refractivity contribution < 1.29 is 23.5 Å². The van der Waals surface area contributed by atoms with Crippen LogP contribution < -0.4 is 0 Å². The second-order valence-corrected chi connectivity index (χ2v) is 3.29. The zero-order valence-electron chi connectivity index (χ0n) is 7.93. The number of fused-ring (bicyclic) bond motifs is 1. The summed E-state index contributed by atoms with van der Waals surface area (Å²) in [6, 6.07) is 1.59. The van der Waals surface area contributed by atoms with Gasteiger partial charge in [-0.2, -0.15) is 5.10 Å². The molecule has 1 aliphatic heterocycles. The van der Waals surface area contributed by atoms with Crippen molar-refractivity contribution in [3.05, 3.63) is 18.0 Å². The summed E-state index contributed by atoms with van der Waals surface area (Å²) in [6.07, 6.45) is 0.0837. The second kappa shape index (κ2) is 3.09. The predicted octanol–water partition coefficient (Wildman–Crippen LogP) is 0.645. The van der Waals surface area contributed by atoms with E-state index in [9.17, 15) is 9.59 Å². The third-order valence-electron chi connectivity index (χ3n) is 2.15. The molecule has 1 aliphatic rings. The highest BCUT2D eigenvalue weighted by Crippen LogP contribution is 2.28. The zero-order chi connectivity index (χ0) is 11.1. The summed E-state index contributed by atoms with van der Waals surface area (Å²) in [5, 5.41) is 7.06. The fourth-order valence-corrected chi connectivity index (χ4v) is 1.47.